The number of rotatable bonds is 2. The SMILES string of the molecule is Cc1ccc(-c2[c-]ccc3ccccc23)[c-]c1-c1ccnc[n+]1C.[B].[Y]. The molecule has 4 rings (SSSR count). The number of fused-ring (bicyclic) bond motifs is 1. The van der Waals surface area contributed by atoms with Crippen molar-refractivity contribution in [1.82, 2.24) is 4.98 Å². The van der Waals surface area contributed by atoms with Crippen LogP contribution in [0, 0.1) is 19.1 Å². The summed E-state index contributed by atoms with van der Waals surface area (Å²) in [6.45, 7) is 2.11. The van der Waals surface area contributed by atoms with Gasteiger partial charge in [-0.2, -0.15) is 29.8 Å². The van der Waals surface area contributed by atoms with Gasteiger partial charge in [-0.3, -0.25) is 4.57 Å². The fraction of sp³-hybridized carbons (Fsp3) is 0.0909. The monoisotopic (exact) mass is 409 g/mol. The summed E-state index contributed by atoms with van der Waals surface area (Å²) in [4.78, 5) is 4.16. The zero-order valence-electron chi connectivity index (χ0n) is 14.9. The van der Waals surface area contributed by atoms with Crippen LogP contribution in [0.2, 0.25) is 0 Å². The van der Waals surface area contributed by atoms with Crippen molar-refractivity contribution in [3.63, 3.8) is 0 Å². The summed E-state index contributed by atoms with van der Waals surface area (Å²) in [5.41, 5.74) is 5.54. The standard InChI is InChI=1S/C22H17N2.B.Y/c1-16-10-11-18(14-21(16)22-12-13-23-15-24(22)2)20-9-5-7-17-6-3-4-8-19(17)20;;/h3-8,10-13,15H,1-2H3;;/q-1;;. The minimum Gasteiger partial charge on any atom is -0.266 e. The van der Waals surface area contributed by atoms with E-state index in [2.05, 4.69) is 66.5 Å². The first kappa shape index (κ1) is 20.5. The van der Waals surface area contributed by atoms with Crippen molar-refractivity contribution in [1.29, 1.82) is 0 Å². The van der Waals surface area contributed by atoms with Gasteiger partial charge in [-0.05, 0) is 6.07 Å². The molecular formula is C22H17BN2Y-. The Hall–Kier alpha value is -1.83. The van der Waals surface area contributed by atoms with E-state index in [1.807, 2.05) is 36.3 Å². The van der Waals surface area contributed by atoms with Gasteiger partial charge in [-0.15, -0.1) is 34.5 Å². The van der Waals surface area contributed by atoms with Gasteiger partial charge in [0.25, 0.3) is 6.33 Å². The Kier molecular flexibility index (Phi) is 6.86. The van der Waals surface area contributed by atoms with E-state index >= 15 is 0 Å². The fourth-order valence-corrected chi connectivity index (χ4v) is 3.06. The van der Waals surface area contributed by atoms with E-state index < -0.39 is 0 Å². The number of aromatic nitrogens is 2. The third-order valence-corrected chi connectivity index (χ3v) is 4.34. The first-order valence-electron chi connectivity index (χ1n) is 7.97. The average molecular weight is 409 g/mol. The van der Waals surface area contributed by atoms with E-state index in [1.54, 1.807) is 0 Å². The molecule has 26 heavy (non-hydrogen) atoms. The van der Waals surface area contributed by atoms with Crippen molar-refractivity contribution in [2.24, 2.45) is 7.05 Å². The van der Waals surface area contributed by atoms with Crippen LogP contribution in [0.1, 0.15) is 5.56 Å². The molecule has 122 valence electrons. The molecule has 0 saturated heterocycles. The molecule has 0 N–H and O–H groups in total. The molecule has 2 nitrogen and oxygen atoms in total. The van der Waals surface area contributed by atoms with Crippen LogP contribution >= 0.6 is 0 Å². The second-order valence-electron chi connectivity index (χ2n) is 5.95. The molecule has 0 aliphatic carbocycles. The van der Waals surface area contributed by atoms with Gasteiger partial charge < -0.3 is 0 Å². The number of hydrogen-bond acceptors (Lipinski definition) is 1. The Balaban J connectivity index is 0.00000121. The molecule has 0 bridgehead atoms. The zero-order chi connectivity index (χ0) is 16.5. The van der Waals surface area contributed by atoms with Crippen molar-refractivity contribution in [2.75, 3.05) is 0 Å². The Morgan fingerprint density at radius 2 is 1.77 bits per heavy atom. The predicted octanol–water partition coefficient (Wildman–Crippen LogP) is 3.92. The van der Waals surface area contributed by atoms with Gasteiger partial charge in [0.2, 0.25) is 0 Å². The Bertz CT molecular complexity index is 1040. The van der Waals surface area contributed by atoms with Crippen molar-refractivity contribution in [3.05, 3.63) is 84.8 Å². The summed E-state index contributed by atoms with van der Waals surface area (Å²) >= 11 is 0. The second-order valence-corrected chi connectivity index (χ2v) is 5.95. The van der Waals surface area contributed by atoms with Crippen LogP contribution in [0.4, 0.5) is 0 Å². The Labute approximate surface area is 181 Å². The third-order valence-electron chi connectivity index (χ3n) is 4.34. The van der Waals surface area contributed by atoms with Crippen LogP contribution in [0.15, 0.2) is 67.1 Å². The predicted molar refractivity (Wildman–Crippen MR) is 102 cm³/mol. The molecule has 0 amide bonds. The van der Waals surface area contributed by atoms with Crippen LogP contribution in [0.3, 0.4) is 0 Å². The molecular weight excluding hydrogens is 392 g/mol. The topological polar surface area (TPSA) is 16.8 Å². The zero-order valence-corrected chi connectivity index (χ0v) is 17.7. The van der Waals surface area contributed by atoms with Crippen LogP contribution in [-0.4, -0.2) is 13.4 Å². The molecule has 4 heteroatoms. The van der Waals surface area contributed by atoms with Crippen molar-refractivity contribution in [2.45, 2.75) is 6.92 Å². The number of benzene rings is 3. The molecule has 0 fully saturated rings. The summed E-state index contributed by atoms with van der Waals surface area (Å²) in [7, 11) is 2.01. The van der Waals surface area contributed by atoms with E-state index in [-0.39, 0.29) is 41.1 Å². The number of nitrogens with zero attached hydrogens (tertiary/aromatic N) is 2. The van der Waals surface area contributed by atoms with E-state index in [0.29, 0.717) is 0 Å². The Morgan fingerprint density at radius 1 is 0.962 bits per heavy atom. The van der Waals surface area contributed by atoms with Gasteiger partial charge >= 0.3 is 0 Å². The summed E-state index contributed by atoms with van der Waals surface area (Å²) in [5.74, 6) is 0. The summed E-state index contributed by atoms with van der Waals surface area (Å²) in [6, 6.07) is 25.8. The molecule has 0 aliphatic rings. The quantitative estimate of drug-likeness (QED) is 0.279. The van der Waals surface area contributed by atoms with E-state index in [1.165, 1.54) is 16.3 Å². The smallest absolute Gasteiger partial charge is 0.266 e. The number of aryl methyl sites for hydroxylation is 2. The molecule has 0 spiro atoms. The first-order chi connectivity index (χ1) is 11.7. The molecule has 0 saturated carbocycles. The van der Waals surface area contributed by atoms with E-state index in [9.17, 15) is 0 Å². The van der Waals surface area contributed by atoms with Crippen LogP contribution < -0.4 is 4.57 Å². The van der Waals surface area contributed by atoms with E-state index in [0.717, 1.165) is 22.4 Å². The number of hydrogen-bond donors (Lipinski definition) is 0. The van der Waals surface area contributed by atoms with Crippen LogP contribution in [-0.2, 0) is 39.8 Å². The maximum atomic E-state index is 4.16. The Morgan fingerprint density at radius 3 is 2.58 bits per heavy atom. The second kappa shape index (κ2) is 8.70. The molecule has 0 aliphatic heterocycles. The summed E-state index contributed by atoms with van der Waals surface area (Å²) in [5, 5.41) is 2.42. The van der Waals surface area contributed by atoms with Gasteiger partial charge in [-0.25, -0.2) is 5.56 Å². The minimum absolute atomic E-state index is 0. The van der Waals surface area contributed by atoms with E-state index in [4.69, 9.17) is 0 Å². The molecule has 3 aromatic carbocycles. The maximum Gasteiger partial charge on any atom is 0.279 e. The minimum atomic E-state index is 0. The molecule has 0 atom stereocenters. The summed E-state index contributed by atoms with van der Waals surface area (Å²) in [6.07, 6.45) is 3.64. The van der Waals surface area contributed by atoms with Crippen LogP contribution in [0.25, 0.3) is 33.2 Å². The van der Waals surface area contributed by atoms with Crippen molar-refractivity contribution < 1.29 is 37.3 Å². The van der Waals surface area contributed by atoms with Gasteiger partial charge in [-0.1, -0.05) is 35.7 Å². The molecule has 1 heterocycles. The summed E-state index contributed by atoms with van der Waals surface area (Å²) < 4.78 is 2.02. The van der Waals surface area contributed by atoms with Gasteiger partial charge in [0.05, 0.1) is 12.7 Å². The molecule has 1 aromatic heterocycles. The average Bonchev–Trinajstić information content (AvgIpc) is 2.62. The van der Waals surface area contributed by atoms with Gasteiger partial charge in [0, 0.05) is 41.1 Å². The maximum absolute atomic E-state index is 4.16. The molecule has 4 aromatic rings. The van der Waals surface area contributed by atoms with Crippen molar-refractivity contribution >= 4 is 19.2 Å². The van der Waals surface area contributed by atoms with Crippen LogP contribution in [0.5, 0.6) is 0 Å². The normalized spacial score (nSPS) is 10.1. The largest absolute Gasteiger partial charge is 0.279 e. The molecule has 0 unspecified atom stereocenters. The molecule has 4 radical (unpaired) electrons. The fourth-order valence-electron chi connectivity index (χ4n) is 3.06. The first-order valence-corrected chi connectivity index (χ1v) is 7.97. The third kappa shape index (κ3) is 3.79. The van der Waals surface area contributed by atoms with Crippen molar-refractivity contribution in [3.8, 4) is 22.4 Å². The van der Waals surface area contributed by atoms with Gasteiger partial charge in [0.1, 0.15) is 6.20 Å². The van der Waals surface area contributed by atoms with Gasteiger partial charge in [0.15, 0.2) is 0 Å².